The summed E-state index contributed by atoms with van der Waals surface area (Å²) in [6, 6.07) is 14.2. The Labute approximate surface area is 118 Å². The maximum atomic E-state index is 12.0. The average Bonchev–Trinajstić information content (AvgIpc) is 2.99. The van der Waals surface area contributed by atoms with Gasteiger partial charge in [0.2, 0.25) is 5.91 Å². The fourth-order valence-electron chi connectivity index (χ4n) is 2.70. The van der Waals surface area contributed by atoms with Gasteiger partial charge in [0.05, 0.1) is 6.42 Å². The summed E-state index contributed by atoms with van der Waals surface area (Å²) >= 11 is 0. The van der Waals surface area contributed by atoms with E-state index in [9.17, 15) is 4.79 Å². The first-order chi connectivity index (χ1) is 9.83. The highest BCUT2D eigenvalue weighted by Crippen LogP contribution is 2.19. The van der Waals surface area contributed by atoms with Crippen molar-refractivity contribution in [2.24, 2.45) is 5.10 Å². The van der Waals surface area contributed by atoms with Gasteiger partial charge in [0.1, 0.15) is 0 Å². The first-order valence-electron chi connectivity index (χ1n) is 7.14. The van der Waals surface area contributed by atoms with E-state index < -0.39 is 0 Å². The lowest BCUT2D eigenvalue weighted by Gasteiger charge is -2.06. The Balaban J connectivity index is 1.72. The maximum Gasteiger partial charge on any atom is 0.244 e. The minimum absolute atomic E-state index is 0.0410. The lowest BCUT2D eigenvalue weighted by molar-refractivity contribution is -0.120. The Hall–Kier alpha value is -2.16. The second-order valence-electron chi connectivity index (χ2n) is 5.24. The molecule has 1 saturated carbocycles. The SMILES string of the molecule is O=C(Cc1cccc2ccccc12)NN=C1CCCC1. The molecule has 2 aromatic rings. The topological polar surface area (TPSA) is 41.5 Å². The van der Waals surface area contributed by atoms with Gasteiger partial charge in [-0.3, -0.25) is 4.79 Å². The van der Waals surface area contributed by atoms with Gasteiger partial charge in [-0.25, -0.2) is 5.43 Å². The van der Waals surface area contributed by atoms with Crippen LogP contribution in [0, 0.1) is 0 Å². The lowest BCUT2D eigenvalue weighted by Crippen LogP contribution is -2.21. The van der Waals surface area contributed by atoms with Crippen molar-refractivity contribution in [3.8, 4) is 0 Å². The first-order valence-corrected chi connectivity index (χ1v) is 7.14. The van der Waals surface area contributed by atoms with Crippen LogP contribution in [0.3, 0.4) is 0 Å². The summed E-state index contributed by atoms with van der Waals surface area (Å²) in [6.07, 6.45) is 4.80. The second-order valence-corrected chi connectivity index (χ2v) is 5.24. The van der Waals surface area contributed by atoms with Gasteiger partial charge in [0.25, 0.3) is 0 Å². The standard InChI is InChI=1S/C17H18N2O/c20-17(19-18-15-9-2-3-10-15)12-14-8-5-7-13-6-1-4-11-16(13)14/h1,4-8,11H,2-3,9-10,12H2,(H,19,20). The number of carbonyl (C=O) groups excluding carboxylic acids is 1. The molecular weight excluding hydrogens is 248 g/mol. The Morgan fingerprint density at radius 3 is 2.65 bits per heavy atom. The second kappa shape index (κ2) is 5.87. The zero-order chi connectivity index (χ0) is 13.8. The molecule has 0 aliphatic heterocycles. The predicted molar refractivity (Wildman–Crippen MR) is 81.7 cm³/mol. The van der Waals surface area contributed by atoms with Gasteiger partial charge in [-0.15, -0.1) is 0 Å². The lowest BCUT2D eigenvalue weighted by atomic mass is 10.0. The number of hydrogen-bond donors (Lipinski definition) is 1. The third-order valence-corrected chi connectivity index (χ3v) is 3.75. The van der Waals surface area contributed by atoms with Crippen molar-refractivity contribution in [2.75, 3.05) is 0 Å². The monoisotopic (exact) mass is 266 g/mol. The number of hydrogen-bond acceptors (Lipinski definition) is 2. The summed E-state index contributed by atoms with van der Waals surface area (Å²) in [5.74, 6) is -0.0410. The molecule has 0 aromatic heterocycles. The fraction of sp³-hybridized carbons (Fsp3) is 0.294. The van der Waals surface area contributed by atoms with E-state index in [0.29, 0.717) is 6.42 Å². The number of nitrogens with one attached hydrogen (secondary N) is 1. The third kappa shape index (κ3) is 2.87. The number of fused-ring (bicyclic) bond motifs is 1. The van der Waals surface area contributed by atoms with Crippen LogP contribution in [0.25, 0.3) is 10.8 Å². The van der Waals surface area contributed by atoms with Gasteiger partial charge in [-0.2, -0.15) is 5.10 Å². The molecule has 3 heteroatoms. The van der Waals surface area contributed by atoms with Crippen LogP contribution in [0.5, 0.6) is 0 Å². The van der Waals surface area contributed by atoms with E-state index in [1.165, 1.54) is 18.2 Å². The van der Waals surface area contributed by atoms with Crippen LogP contribution >= 0.6 is 0 Å². The zero-order valence-electron chi connectivity index (χ0n) is 11.4. The van der Waals surface area contributed by atoms with Crippen molar-refractivity contribution in [2.45, 2.75) is 32.1 Å². The summed E-state index contributed by atoms with van der Waals surface area (Å²) in [5.41, 5.74) is 4.86. The first kappa shape index (κ1) is 12.9. The van der Waals surface area contributed by atoms with Crippen LogP contribution in [0.15, 0.2) is 47.6 Å². The molecule has 0 unspecified atom stereocenters. The maximum absolute atomic E-state index is 12.0. The van der Waals surface area contributed by atoms with E-state index in [-0.39, 0.29) is 5.91 Å². The van der Waals surface area contributed by atoms with Gasteiger partial charge in [0.15, 0.2) is 0 Å². The van der Waals surface area contributed by atoms with E-state index in [1.807, 2.05) is 24.3 Å². The van der Waals surface area contributed by atoms with Gasteiger partial charge in [-0.05, 0) is 42.0 Å². The highest BCUT2D eigenvalue weighted by Gasteiger charge is 2.10. The molecule has 1 aliphatic carbocycles. The average molecular weight is 266 g/mol. The normalized spacial score (nSPS) is 14.5. The third-order valence-electron chi connectivity index (χ3n) is 3.75. The van der Waals surface area contributed by atoms with Gasteiger partial charge in [-0.1, -0.05) is 42.5 Å². The van der Waals surface area contributed by atoms with Crippen LogP contribution < -0.4 is 5.43 Å². The minimum Gasteiger partial charge on any atom is -0.273 e. The Morgan fingerprint density at radius 1 is 1.05 bits per heavy atom. The zero-order valence-corrected chi connectivity index (χ0v) is 11.4. The van der Waals surface area contributed by atoms with Crippen molar-refractivity contribution in [1.29, 1.82) is 0 Å². The molecule has 1 amide bonds. The van der Waals surface area contributed by atoms with E-state index in [1.54, 1.807) is 0 Å². The molecule has 0 bridgehead atoms. The summed E-state index contributed by atoms with van der Waals surface area (Å²) in [6.45, 7) is 0. The molecule has 3 rings (SSSR count). The van der Waals surface area contributed by atoms with Crippen molar-refractivity contribution < 1.29 is 4.79 Å². The molecule has 0 saturated heterocycles. The minimum atomic E-state index is -0.0410. The number of amides is 1. The molecule has 20 heavy (non-hydrogen) atoms. The predicted octanol–water partition coefficient (Wildman–Crippen LogP) is 3.43. The number of hydrazone groups is 1. The summed E-state index contributed by atoms with van der Waals surface area (Å²) in [5, 5.41) is 6.52. The Kier molecular flexibility index (Phi) is 3.77. The number of rotatable bonds is 3. The summed E-state index contributed by atoms with van der Waals surface area (Å²) < 4.78 is 0. The van der Waals surface area contributed by atoms with Crippen LogP contribution in [0.2, 0.25) is 0 Å². The largest absolute Gasteiger partial charge is 0.273 e. The van der Waals surface area contributed by atoms with Gasteiger partial charge < -0.3 is 0 Å². The number of benzene rings is 2. The van der Waals surface area contributed by atoms with Gasteiger partial charge in [0, 0.05) is 5.71 Å². The van der Waals surface area contributed by atoms with Crippen LogP contribution in [0.4, 0.5) is 0 Å². The summed E-state index contributed by atoms with van der Waals surface area (Å²) in [7, 11) is 0. The van der Waals surface area contributed by atoms with Crippen molar-refractivity contribution >= 4 is 22.4 Å². The van der Waals surface area contributed by atoms with Crippen LogP contribution in [0.1, 0.15) is 31.2 Å². The fourth-order valence-corrected chi connectivity index (χ4v) is 2.70. The molecule has 3 nitrogen and oxygen atoms in total. The van der Waals surface area contributed by atoms with Gasteiger partial charge >= 0.3 is 0 Å². The summed E-state index contributed by atoms with van der Waals surface area (Å²) in [4.78, 5) is 12.0. The molecular formula is C17H18N2O. The quantitative estimate of drug-likeness (QED) is 0.850. The van der Waals surface area contributed by atoms with E-state index >= 15 is 0 Å². The van der Waals surface area contributed by atoms with Crippen molar-refractivity contribution in [3.63, 3.8) is 0 Å². The highest BCUT2D eigenvalue weighted by atomic mass is 16.2. The van der Waals surface area contributed by atoms with Crippen LogP contribution in [-0.2, 0) is 11.2 Å². The van der Waals surface area contributed by atoms with E-state index in [4.69, 9.17) is 0 Å². The molecule has 1 aliphatic rings. The molecule has 0 atom stereocenters. The van der Waals surface area contributed by atoms with Crippen LogP contribution in [-0.4, -0.2) is 11.6 Å². The molecule has 0 heterocycles. The van der Waals surface area contributed by atoms with Crippen molar-refractivity contribution in [1.82, 2.24) is 5.43 Å². The molecule has 0 spiro atoms. The smallest absolute Gasteiger partial charge is 0.244 e. The molecule has 2 aromatic carbocycles. The molecule has 0 radical (unpaired) electrons. The Bertz CT molecular complexity index is 648. The number of nitrogens with zero attached hydrogens (tertiary/aromatic N) is 1. The highest BCUT2D eigenvalue weighted by molar-refractivity contribution is 5.91. The van der Waals surface area contributed by atoms with E-state index in [0.717, 1.165) is 29.5 Å². The molecule has 1 N–H and O–H groups in total. The molecule has 102 valence electrons. The van der Waals surface area contributed by atoms with Crippen molar-refractivity contribution in [3.05, 3.63) is 48.0 Å². The molecule has 1 fully saturated rings. The van der Waals surface area contributed by atoms with E-state index in [2.05, 4.69) is 28.7 Å². The Morgan fingerprint density at radius 2 is 1.80 bits per heavy atom. The number of carbonyl (C=O) groups is 1.